The summed E-state index contributed by atoms with van der Waals surface area (Å²) in [7, 11) is 0. The van der Waals surface area contributed by atoms with E-state index < -0.39 is 12.0 Å². The second-order valence-electron chi connectivity index (χ2n) is 6.01. The van der Waals surface area contributed by atoms with Crippen LogP contribution < -0.4 is 5.32 Å². The number of alkyl halides is 3. The SMILES string of the molecule is FC(F)(F)c1nnnn1-c1ccc(C2CC3CCC2N3)cc1Cl. The molecule has 2 bridgehead atoms. The fraction of sp³-hybridized carbons (Fsp3) is 0.500. The van der Waals surface area contributed by atoms with Crippen molar-refractivity contribution in [2.24, 2.45) is 0 Å². The Morgan fingerprint density at radius 1 is 1.26 bits per heavy atom. The first-order valence-corrected chi connectivity index (χ1v) is 7.73. The van der Waals surface area contributed by atoms with Crippen LogP contribution >= 0.6 is 11.6 Å². The maximum atomic E-state index is 12.9. The van der Waals surface area contributed by atoms with Crippen LogP contribution in [0.25, 0.3) is 5.69 Å². The number of rotatable bonds is 2. The zero-order valence-corrected chi connectivity index (χ0v) is 12.6. The highest BCUT2D eigenvalue weighted by molar-refractivity contribution is 6.32. The van der Waals surface area contributed by atoms with Crippen LogP contribution in [0.3, 0.4) is 0 Å². The van der Waals surface area contributed by atoms with Gasteiger partial charge in [-0.25, -0.2) is 0 Å². The molecule has 0 spiro atoms. The summed E-state index contributed by atoms with van der Waals surface area (Å²) in [5.41, 5.74) is 1.17. The molecule has 3 heterocycles. The highest BCUT2D eigenvalue weighted by Gasteiger charge is 2.41. The van der Waals surface area contributed by atoms with Gasteiger partial charge in [0.25, 0.3) is 5.82 Å². The summed E-state index contributed by atoms with van der Waals surface area (Å²) in [6.45, 7) is 0. The third-order valence-corrected chi connectivity index (χ3v) is 4.95. The number of hydrogen-bond acceptors (Lipinski definition) is 4. The lowest BCUT2D eigenvalue weighted by Gasteiger charge is -2.21. The lowest BCUT2D eigenvalue weighted by atomic mass is 9.84. The number of benzene rings is 1. The van der Waals surface area contributed by atoms with Gasteiger partial charge in [0.2, 0.25) is 0 Å². The lowest BCUT2D eigenvalue weighted by Crippen LogP contribution is -2.21. The van der Waals surface area contributed by atoms with Gasteiger partial charge in [-0.3, -0.25) is 0 Å². The van der Waals surface area contributed by atoms with Gasteiger partial charge >= 0.3 is 6.18 Å². The van der Waals surface area contributed by atoms with E-state index in [9.17, 15) is 13.2 Å². The van der Waals surface area contributed by atoms with Crippen LogP contribution in [0.2, 0.25) is 5.02 Å². The molecule has 2 aromatic rings. The van der Waals surface area contributed by atoms with Gasteiger partial charge in [-0.1, -0.05) is 17.7 Å². The topological polar surface area (TPSA) is 55.6 Å². The van der Waals surface area contributed by atoms with E-state index in [1.54, 1.807) is 12.1 Å². The number of aromatic nitrogens is 4. The third-order valence-electron chi connectivity index (χ3n) is 4.65. The quantitative estimate of drug-likeness (QED) is 0.911. The monoisotopic (exact) mass is 343 g/mol. The molecule has 0 aliphatic carbocycles. The minimum atomic E-state index is -4.64. The van der Waals surface area contributed by atoms with Crippen molar-refractivity contribution in [3.05, 3.63) is 34.6 Å². The Hall–Kier alpha value is -1.67. The maximum absolute atomic E-state index is 12.9. The summed E-state index contributed by atoms with van der Waals surface area (Å²) >= 11 is 6.22. The van der Waals surface area contributed by atoms with Crippen molar-refractivity contribution in [3.63, 3.8) is 0 Å². The van der Waals surface area contributed by atoms with Crippen molar-refractivity contribution >= 4 is 11.6 Å². The molecule has 2 saturated heterocycles. The van der Waals surface area contributed by atoms with E-state index in [1.165, 1.54) is 6.42 Å². The summed E-state index contributed by atoms with van der Waals surface area (Å²) < 4.78 is 39.4. The van der Waals surface area contributed by atoms with E-state index >= 15 is 0 Å². The van der Waals surface area contributed by atoms with E-state index in [2.05, 4.69) is 20.8 Å². The largest absolute Gasteiger partial charge is 0.453 e. The molecule has 2 aliphatic rings. The summed E-state index contributed by atoms with van der Waals surface area (Å²) in [5.74, 6) is -0.829. The molecule has 3 atom stereocenters. The molecule has 0 amide bonds. The zero-order valence-electron chi connectivity index (χ0n) is 11.9. The Morgan fingerprint density at radius 2 is 2.09 bits per heavy atom. The van der Waals surface area contributed by atoms with Gasteiger partial charge in [-0.2, -0.15) is 17.9 Å². The van der Waals surface area contributed by atoms with Crippen molar-refractivity contribution in [2.75, 3.05) is 0 Å². The molecule has 0 saturated carbocycles. The first-order valence-electron chi connectivity index (χ1n) is 7.35. The van der Waals surface area contributed by atoms with Crippen LogP contribution in [-0.4, -0.2) is 32.3 Å². The molecule has 23 heavy (non-hydrogen) atoms. The highest BCUT2D eigenvalue weighted by Crippen LogP contribution is 2.41. The second-order valence-corrected chi connectivity index (χ2v) is 6.42. The van der Waals surface area contributed by atoms with E-state index in [1.807, 2.05) is 6.07 Å². The molecular weight excluding hydrogens is 331 g/mol. The zero-order chi connectivity index (χ0) is 16.2. The molecule has 1 aromatic carbocycles. The Bertz CT molecular complexity index is 744. The first kappa shape index (κ1) is 14.9. The van der Waals surface area contributed by atoms with Crippen molar-refractivity contribution in [2.45, 2.75) is 43.4 Å². The molecular formula is C14H13ClF3N5. The smallest absolute Gasteiger partial charge is 0.311 e. The Morgan fingerprint density at radius 3 is 2.70 bits per heavy atom. The minimum absolute atomic E-state index is 0.129. The van der Waals surface area contributed by atoms with Crippen LogP contribution in [0.1, 0.15) is 36.6 Å². The van der Waals surface area contributed by atoms with Crippen LogP contribution in [0.15, 0.2) is 18.2 Å². The predicted octanol–water partition coefficient (Wildman–Crippen LogP) is 2.94. The van der Waals surface area contributed by atoms with Crippen molar-refractivity contribution in [3.8, 4) is 5.69 Å². The maximum Gasteiger partial charge on any atom is 0.453 e. The van der Waals surface area contributed by atoms with Gasteiger partial charge in [0.15, 0.2) is 0 Å². The summed E-state index contributed by atoms with van der Waals surface area (Å²) in [5, 5.41) is 13.3. The van der Waals surface area contributed by atoms with E-state index in [0.29, 0.717) is 22.7 Å². The van der Waals surface area contributed by atoms with Gasteiger partial charge in [-0.05, 0) is 47.4 Å². The number of fused-ring (bicyclic) bond motifs is 2. The van der Waals surface area contributed by atoms with Crippen molar-refractivity contribution < 1.29 is 13.2 Å². The fourth-order valence-electron chi connectivity index (χ4n) is 3.64. The van der Waals surface area contributed by atoms with Crippen LogP contribution in [0.4, 0.5) is 13.2 Å². The standard InChI is InChI=1S/C14H13ClF3N5/c15-10-5-7(9-6-8-2-3-11(9)19-8)1-4-12(10)23-13(14(16,17)18)20-21-22-23/h1,4-5,8-9,11,19H,2-3,6H2. The molecule has 1 N–H and O–H groups in total. The summed E-state index contributed by atoms with van der Waals surface area (Å²) in [4.78, 5) is 0. The first-order chi connectivity index (χ1) is 10.9. The molecule has 0 radical (unpaired) electrons. The van der Waals surface area contributed by atoms with E-state index in [-0.39, 0.29) is 10.7 Å². The van der Waals surface area contributed by atoms with Gasteiger partial charge < -0.3 is 5.32 Å². The molecule has 9 heteroatoms. The van der Waals surface area contributed by atoms with Gasteiger partial charge in [-0.15, -0.1) is 5.10 Å². The molecule has 3 unspecified atom stereocenters. The summed E-state index contributed by atoms with van der Waals surface area (Å²) in [6.07, 6.45) is -1.29. The Kier molecular flexibility index (Phi) is 3.35. The third kappa shape index (κ3) is 2.49. The van der Waals surface area contributed by atoms with E-state index in [0.717, 1.165) is 18.4 Å². The van der Waals surface area contributed by atoms with Gasteiger partial charge in [0, 0.05) is 18.0 Å². The molecule has 5 nitrogen and oxygen atoms in total. The fourth-order valence-corrected chi connectivity index (χ4v) is 3.91. The number of tetrazole rings is 1. The predicted molar refractivity (Wildman–Crippen MR) is 76.5 cm³/mol. The minimum Gasteiger partial charge on any atom is -0.311 e. The van der Waals surface area contributed by atoms with Crippen LogP contribution in [-0.2, 0) is 6.18 Å². The van der Waals surface area contributed by atoms with Crippen LogP contribution in [0, 0.1) is 0 Å². The molecule has 2 fully saturated rings. The Labute approximate surface area is 134 Å². The lowest BCUT2D eigenvalue weighted by molar-refractivity contribution is -0.146. The van der Waals surface area contributed by atoms with Gasteiger partial charge in [0.05, 0.1) is 10.7 Å². The van der Waals surface area contributed by atoms with Crippen molar-refractivity contribution in [1.82, 2.24) is 25.5 Å². The normalized spacial score (nSPS) is 26.9. The number of nitrogens with zero attached hydrogens (tertiary/aromatic N) is 4. The molecule has 122 valence electrons. The second kappa shape index (κ2) is 5.17. The number of nitrogens with one attached hydrogen (secondary N) is 1. The molecule has 4 rings (SSSR count). The number of hydrogen-bond donors (Lipinski definition) is 1. The van der Waals surface area contributed by atoms with E-state index in [4.69, 9.17) is 11.6 Å². The average Bonchev–Trinajstić information content (AvgIpc) is 3.22. The van der Waals surface area contributed by atoms with Crippen molar-refractivity contribution in [1.29, 1.82) is 0 Å². The number of halogens is 4. The average molecular weight is 344 g/mol. The highest BCUT2D eigenvalue weighted by atomic mass is 35.5. The van der Waals surface area contributed by atoms with Gasteiger partial charge in [0.1, 0.15) is 0 Å². The Balaban J connectivity index is 1.68. The molecule has 2 aliphatic heterocycles. The summed E-state index contributed by atoms with van der Waals surface area (Å²) in [6, 6.07) is 6.07. The van der Waals surface area contributed by atoms with Crippen LogP contribution in [0.5, 0.6) is 0 Å². The molecule has 1 aromatic heterocycles.